The number of para-hydroxylation sites is 1. The van der Waals surface area contributed by atoms with Gasteiger partial charge in [-0.05, 0) is 23.8 Å². The molecule has 0 fully saturated rings. The van der Waals surface area contributed by atoms with Crippen molar-refractivity contribution >= 4 is 17.4 Å². The van der Waals surface area contributed by atoms with Crippen molar-refractivity contribution in [1.82, 2.24) is 15.0 Å². The molecule has 7 nitrogen and oxygen atoms in total. The summed E-state index contributed by atoms with van der Waals surface area (Å²) >= 11 is 0. The van der Waals surface area contributed by atoms with E-state index in [0.29, 0.717) is 28.2 Å². The van der Waals surface area contributed by atoms with Crippen LogP contribution in [0.3, 0.4) is 0 Å². The molecule has 2 aromatic carbocycles. The molecule has 0 aliphatic rings. The summed E-state index contributed by atoms with van der Waals surface area (Å²) in [5.74, 6) is -0.896. The second kappa shape index (κ2) is 6.33. The number of hydrogen-bond donors (Lipinski definition) is 3. The topological polar surface area (TPSA) is 118 Å². The lowest BCUT2D eigenvalue weighted by molar-refractivity contribution is -0.136. The van der Waals surface area contributed by atoms with Gasteiger partial charge in [-0.3, -0.25) is 10.2 Å². The third-order valence-corrected chi connectivity index (χ3v) is 3.51. The molecule has 0 saturated carbocycles. The van der Waals surface area contributed by atoms with Crippen LogP contribution in [-0.2, 0) is 11.2 Å². The van der Waals surface area contributed by atoms with Crippen molar-refractivity contribution in [2.45, 2.75) is 6.42 Å². The summed E-state index contributed by atoms with van der Waals surface area (Å²) in [5, 5.41) is 25.2. The highest BCUT2D eigenvalue weighted by molar-refractivity contribution is 6.12. The molecular formula is C17H15N5O2. The van der Waals surface area contributed by atoms with Gasteiger partial charge < -0.3 is 10.8 Å². The van der Waals surface area contributed by atoms with Gasteiger partial charge >= 0.3 is 5.97 Å². The number of nitrogen functional groups attached to an aromatic ring is 1. The standard InChI is InChI=1S/C17H15N5O2/c18-14-7-2-1-6-13(14)17(19)15-10-22(21-20-15)12-5-3-4-11(8-12)9-16(23)24/h1-8,10,19H,9,18H2,(H,23,24). The van der Waals surface area contributed by atoms with Gasteiger partial charge in [0.05, 0.1) is 24.0 Å². The molecular weight excluding hydrogens is 306 g/mol. The zero-order chi connectivity index (χ0) is 17.1. The third kappa shape index (κ3) is 3.14. The van der Waals surface area contributed by atoms with E-state index in [4.69, 9.17) is 16.2 Å². The van der Waals surface area contributed by atoms with Gasteiger partial charge in [0.25, 0.3) is 0 Å². The zero-order valence-corrected chi connectivity index (χ0v) is 12.7. The predicted molar refractivity (Wildman–Crippen MR) is 89.5 cm³/mol. The van der Waals surface area contributed by atoms with Gasteiger partial charge in [0, 0.05) is 11.3 Å². The predicted octanol–water partition coefficient (Wildman–Crippen LogP) is 1.89. The first-order valence-electron chi connectivity index (χ1n) is 7.22. The van der Waals surface area contributed by atoms with E-state index in [2.05, 4.69) is 10.3 Å². The maximum absolute atomic E-state index is 10.8. The van der Waals surface area contributed by atoms with Crippen LogP contribution in [0.1, 0.15) is 16.8 Å². The van der Waals surface area contributed by atoms with Crippen LogP contribution >= 0.6 is 0 Å². The van der Waals surface area contributed by atoms with Crippen LogP contribution < -0.4 is 5.73 Å². The lowest BCUT2D eigenvalue weighted by atomic mass is 10.1. The molecule has 1 aromatic heterocycles. The van der Waals surface area contributed by atoms with Crippen molar-refractivity contribution in [3.8, 4) is 5.69 Å². The van der Waals surface area contributed by atoms with E-state index in [0.717, 1.165) is 0 Å². The highest BCUT2D eigenvalue weighted by Crippen LogP contribution is 2.16. The highest BCUT2D eigenvalue weighted by Gasteiger charge is 2.13. The van der Waals surface area contributed by atoms with E-state index < -0.39 is 5.97 Å². The van der Waals surface area contributed by atoms with E-state index in [9.17, 15) is 4.79 Å². The summed E-state index contributed by atoms with van der Waals surface area (Å²) in [7, 11) is 0. The first kappa shape index (κ1) is 15.4. The SMILES string of the molecule is N=C(c1cn(-c2cccc(CC(=O)O)c2)nn1)c1ccccc1N. The largest absolute Gasteiger partial charge is 0.481 e. The Morgan fingerprint density at radius 2 is 2.00 bits per heavy atom. The molecule has 1 heterocycles. The fraction of sp³-hybridized carbons (Fsp3) is 0.0588. The Kier molecular flexibility index (Phi) is 4.07. The zero-order valence-electron chi connectivity index (χ0n) is 12.7. The first-order valence-corrected chi connectivity index (χ1v) is 7.22. The van der Waals surface area contributed by atoms with Crippen molar-refractivity contribution < 1.29 is 9.90 Å². The van der Waals surface area contributed by atoms with Gasteiger partial charge in [-0.2, -0.15) is 0 Å². The first-order chi connectivity index (χ1) is 11.5. The summed E-state index contributed by atoms with van der Waals surface area (Å²) in [6.07, 6.45) is 1.56. The number of nitrogens with two attached hydrogens (primary N) is 1. The van der Waals surface area contributed by atoms with Crippen molar-refractivity contribution in [3.63, 3.8) is 0 Å². The summed E-state index contributed by atoms with van der Waals surface area (Å²) < 4.78 is 1.51. The Morgan fingerprint density at radius 3 is 2.75 bits per heavy atom. The van der Waals surface area contributed by atoms with Crippen molar-refractivity contribution in [2.75, 3.05) is 5.73 Å². The fourth-order valence-electron chi connectivity index (χ4n) is 2.35. The normalized spacial score (nSPS) is 10.5. The molecule has 0 unspecified atom stereocenters. The number of benzene rings is 2. The number of rotatable bonds is 5. The lowest BCUT2D eigenvalue weighted by Gasteiger charge is -2.04. The van der Waals surface area contributed by atoms with E-state index in [1.807, 2.05) is 0 Å². The molecule has 7 heteroatoms. The van der Waals surface area contributed by atoms with Crippen molar-refractivity contribution in [1.29, 1.82) is 5.41 Å². The van der Waals surface area contributed by atoms with Gasteiger partial charge in [0.15, 0.2) is 0 Å². The molecule has 120 valence electrons. The number of carbonyl (C=O) groups is 1. The Bertz CT molecular complexity index is 917. The molecule has 0 atom stereocenters. The summed E-state index contributed by atoms with van der Waals surface area (Å²) in [4.78, 5) is 10.8. The number of aromatic nitrogens is 3. The minimum Gasteiger partial charge on any atom is -0.481 e. The molecule has 0 aliphatic heterocycles. The lowest BCUT2D eigenvalue weighted by Crippen LogP contribution is -2.05. The van der Waals surface area contributed by atoms with Gasteiger partial charge in [-0.1, -0.05) is 35.5 Å². The van der Waals surface area contributed by atoms with Crippen LogP contribution in [0.25, 0.3) is 5.69 Å². The maximum atomic E-state index is 10.8. The number of carboxylic acids is 1. The second-order valence-electron chi connectivity index (χ2n) is 5.25. The number of nitrogens with one attached hydrogen (secondary N) is 1. The van der Waals surface area contributed by atoms with Crippen LogP contribution in [0, 0.1) is 5.41 Å². The molecule has 0 amide bonds. The number of anilines is 1. The average Bonchev–Trinajstić information content (AvgIpc) is 3.04. The van der Waals surface area contributed by atoms with Gasteiger partial charge in [-0.15, -0.1) is 5.10 Å². The molecule has 0 aliphatic carbocycles. The molecule has 24 heavy (non-hydrogen) atoms. The Morgan fingerprint density at radius 1 is 1.21 bits per heavy atom. The third-order valence-electron chi connectivity index (χ3n) is 3.51. The highest BCUT2D eigenvalue weighted by atomic mass is 16.4. The summed E-state index contributed by atoms with van der Waals surface area (Å²) in [5.41, 5.74) is 8.89. The van der Waals surface area contributed by atoms with Gasteiger partial charge in [-0.25, -0.2) is 4.68 Å². The molecule has 0 spiro atoms. The van der Waals surface area contributed by atoms with Crippen molar-refractivity contribution in [3.05, 3.63) is 71.5 Å². The molecule has 3 rings (SSSR count). The quantitative estimate of drug-likeness (QED) is 0.490. The van der Waals surface area contributed by atoms with Gasteiger partial charge in [0.1, 0.15) is 5.69 Å². The number of hydrogen-bond acceptors (Lipinski definition) is 5. The van der Waals surface area contributed by atoms with Crippen LogP contribution in [-0.4, -0.2) is 31.8 Å². The van der Waals surface area contributed by atoms with E-state index >= 15 is 0 Å². The van der Waals surface area contributed by atoms with Crippen LogP contribution in [0.2, 0.25) is 0 Å². The van der Waals surface area contributed by atoms with Crippen LogP contribution in [0.4, 0.5) is 5.69 Å². The Labute approximate surface area is 137 Å². The van der Waals surface area contributed by atoms with E-state index in [1.54, 1.807) is 54.7 Å². The second-order valence-corrected chi connectivity index (χ2v) is 5.25. The van der Waals surface area contributed by atoms with Crippen LogP contribution in [0.5, 0.6) is 0 Å². The minimum absolute atomic E-state index is 0.0637. The Balaban J connectivity index is 1.90. The summed E-state index contributed by atoms with van der Waals surface area (Å²) in [6, 6.07) is 14.1. The maximum Gasteiger partial charge on any atom is 0.307 e. The monoisotopic (exact) mass is 321 g/mol. The fourth-order valence-corrected chi connectivity index (χ4v) is 2.35. The molecule has 4 N–H and O–H groups in total. The van der Waals surface area contributed by atoms with E-state index in [1.165, 1.54) is 4.68 Å². The molecule has 0 bridgehead atoms. The van der Waals surface area contributed by atoms with Crippen LogP contribution in [0.15, 0.2) is 54.7 Å². The van der Waals surface area contributed by atoms with E-state index in [-0.39, 0.29) is 12.1 Å². The number of carboxylic acid groups (broad SMARTS) is 1. The van der Waals surface area contributed by atoms with Gasteiger partial charge in [0.2, 0.25) is 0 Å². The number of nitrogens with zero attached hydrogens (tertiary/aromatic N) is 3. The number of aliphatic carboxylic acids is 1. The minimum atomic E-state index is -0.896. The van der Waals surface area contributed by atoms with Crippen molar-refractivity contribution in [2.24, 2.45) is 0 Å². The Hall–Kier alpha value is -3.48. The smallest absolute Gasteiger partial charge is 0.307 e. The molecule has 0 saturated heterocycles. The average molecular weight is 321 g/mol. The molecule has 3 aromatic rings. The molecule has 0 radical (unpaired) electrons. The summed E-state index contributed by atoms with van der Waals surface area (Å²) in [6.45, 7) is 0.